The van der Waals surface area contributed by atoms with Gasteiger partial charge in [0.2, 0.25) is 0 Å². The third-order valence-corrected chi connectivity index (χ3v) is 5.40. The molecule has 0 aliphatic carbocycles. The van der Waals surface area contributed by atoms with Crippen LogP contribution in [0.25, 0.3) is 11.3 Å². The summed E-state index contributed by atoms with van der Waals surface area (Å²) in [6, 6.07) is 5.67. The topological polar surface area (TPSA) is 59.2 Å². The molecular weight excluding hydrogens is 322 g/mol. The number of hydrogen-bond acceptors (Lipinski definition) is 5. The van der Waals surface area contributed by atoms with Gasteiger partial charge in [0, 0.05) is 42.3 Å². The van der Waals surface area contributed by atoms with E-state index in [-0.39, 0.29) is 5.91 Å². The Bertz CT molecular complexity index is 806. The Labute approximate surface area is 144 Å². The van der Waals surface area contributed by atoms with Crippen molar-refractivity contribution >= 4 is 17.2 Å². The van der Waals surface area contributed by atoms with Gasteiger partial charge in [-0.1, -0.05) is 0 Å². The summed E-state index contributed by atoms with van der Waals surface area (Å²) in [5.41, 5.74) is 2.73. The van der Waals surface area contributed by atoms with Gasteiger partial charge < -0.3 is 9.32 Å². The fourth-order valence-corrected chi connectivity index (χ4v) is 4.03. The van der Waals surface area contributed by atoms with Crippen molar-refractivity contribution in [3.05, 3.63) is 59.1 Å². The first kappa shape index (κ1) is 15.1. The second kappa shape index (κ2) is 6.57. The SMILES string of the molecule is O=C(c1ccoc1)N1CCC(c2nc(-c3ccncc3)cs2)CC1. The largest absolute Gasteiger partial charge is 0.472 e. The molecule has 1 fully saturated rings. The molecule has 5 nitrogen and oxygen atoms in total. The van der Waals surface area contributed by atoms with E-state index in [1.54, 1.807) is 29.8 Å². The number of rotatable bonds is 3. The molecule has 0 spiro atoms. The van der Waals surface area contributed by atoms with Gasteiger partial charge in [0.15, 0.2) is 0 Å². The third kappa shape index (κ3) is 2.97. The zero-order valence-electron chi connectivity index (χ0n) is 13.1. The average Bonchev–Trinajstić information content (AvgIpc) is 3.34. The molecule has 0 aromatic carbocycles. The third-order valence-electron chi connectivity index (χ3n) is 4.40. The number of amides is 1. The van der Waals surface area contributed by atoms with Crippen molar-refractivity contribution in [2.75, 3.05) is 13.1 Å². The van der Waals surface area contributed by atoms with Gasteiger partial charge >= 0.3 is 0 Å². The lowest BCUT2D eigenvalue weighted by molar-refractivity contribution is 0.0712. The van der Waals surface area contributed by atoms with Gasteiger partial charge in [-0.25, -0.2) is 4.98 Å². The molecule has 1 aliphatic heterocycles. The minimum atomic E-state index is 0.0545. The molecule has 0 saturated carbocycles. The first-order valence-corrected chi connectivity index (χ1v) is 8.86. The maximum atomic E-state index is 12.3. The molecule has 4 rings (SSSR count). The number of likely N-dealkylation sites (tertiary alicyclic amines) is 1. The Balaban J connectivity index is 1.41. The maximum Gasteiger partial charge on any atom is 0.257 e. The zero-order chi connectivity index (χ0) is 16.4. The van der Waals surface area contributed by atoms with Crippen molar-refractivity contribution in [1.29, 1.82) is 0 Å². The van der Waals surface area contributed by atoms with Crippen LogP contribution in [-0.4, -0.2) is 33.9 Å². The molecule has 4 heterocycles. The summed E-state index contributed by atoms with van der Waals surface area (Å²) < 4.78 is 5.00. The average molecular weight is 339 g/mol. The van der Waals surface area contributed by atoms with Crippen LogP contribution in [0.1, 0.15) is 34.1 Å². The summed E-state index contributed by atoms with van der Waals surface area (Å²) in [5.74, 6) is 0.484. The van der Waals surface area contributed by atoms with E-state index in [9.17, 15) is 4.79 Å². The predicted octanol–water partition coefficient (Wildman–Crippen LogP) is 3.82. The van der Waals surface area contributed by atoms with Crippen LogP contribution in [0.3, 0.4) is 0 Å². The molecule has 3 aromatic rings. The van der Waals surface area contributed by atoms with E-state index in [4.69, 9.17) is 9.40 Å². The molecular formula is C18H17N3O2S. The molecule has 0 radical (unpaired) electrons. The highest BCUT2D eigenvalue weighted by atomic mass is 32.1. The van der Waals surface area contributed by atoms with E-state index in [1.165, 1.54) is 12.5 Å². The van der Waals surface area contributed by atoms with Crippen LogP contribution in [0.5, 0.6) is 0 Å². The Morgan fingerprint density at radius 1 is 1.21 bits per heavy atom. The van der Waals surface area contributed by atoms with Crippen molar-refractivity contribution in [3.8, 4) is 11.3 Å². The quantitative estimate of drug-likeness (QED) is 0.728. The van der Waals surface area contributed by atoms with Gasteiger partial charge in [-0.05, 0) is 31.0 Å². The molecule has 0 atom stereocenters. The number of pyridine rings is 1. The fourth-order valence-electron chi connectivity index (χ4n) is 3.03. The molecule has 122 valence electrons. The summed E-state index contributed by atoms with van der Waals surface area (Å²) in [6.45, 7) is 1.53. The van der Waals surface area contributed by atoms with Crippen LogP contribution >= 0.6 is 11.3 Å². The van der Waals surface area contributed by atoms with E-state index >= 15 is 0 Å². The lowest BCUT2D eigenvalue weighted by Gasteiger charge is -2.30. The standard InChI is InChI=1S/C18H17N3O2S/c22-18(15-5-10-23-11-15)21-8-3-14(4-9-21)17-20-16(12-24-17)13-1-6-19-7-2-13/h1-2,5-7,10-12,14H,3-4,8-9H2. The lowest BCUT2D eigenvalue weighted by atomic mass is 9.97. The van der Waals surface area contributed by atoms with Crippen molar-refractivity contribution in [2.24, 2.45) is 0 Å². The highest BCUT2D eigenvalue weighted by molar-refractivity contribution is 7.10. The maximum absolute atomic E-state index is 12.3. The number of thiazole rings is 1. The first-order chi connectivity index (χ1) is 11.8. The number of carbonyl (C=O) groups excluding carboxylic acids is 1. The minimum Gasteiger partial charge on any atom is -0.472 e. The number of hydrogen-bond donors (Lipinski definition) is 0. The minimum absolute atomic E-state index is 0.0545. The van der Waals surface area contributed by atoms with Crippen LogP contribution < -0.4 is 0 Å². The Kier molecular flexibility index (Phi) is 4.13. The van der Waals surface area contributed by atoms with Gasteiger partial charge in [-0.15, -0.1) is 11.3 Å². The van der Waals surface area contributed by atoms with Gasteiger partial charge in [-0.2, -0.15) is 0 Å². The molecule has 24 heavy (non-hydrogen) atoms. The zero-order valence-corrected chi connectivity index (χ0v) is 13.9. The smallest absolute Gasteiger partial charge is 0.257 e. The van der Waals surface area contributed by atoms with E-state index in [0.717, 1.165) is 42.2 Å². The molecule has 6 heteroatoms. The van der Waals surface area contributed by atoms with Gasteiger partial charge in [0.25, 0.3) is 5.91 Å². The highest BCUT2D eigenvalue weighted by Gasteiger charge is 2.26. The molecule has 0 bridgehead atoms. The van der Waals surface area contributed by atoms with Crippen LogP contribution in [0, 0.1) is 0 Å². The molecule has 0 N–H and O–H groups in total. The Morgan fingerprint density at radius 2 is 2.00 bits per heavy atom. The van der Waals surface area contributed by atoms with Gasteiger partial charge in [0.05, 0.1) is 22.5 Å². The Hall–Kier alpha value is -2.47. The summed E-state index contributed by atoms with van der Waals surface area (Å²) in [5, 5.41) is 3.27. The van der Waals surface area contributed by atoms with Gasteiger partial charge in [-0.3, -0.25) is 9.78 Å². The molecule has 1 saturated heterocycles. The second-order valence-corrected chi connectivity index (χ2v) is 6.78. The van der Waals surface area contributed by atoms with Gasteiger partial charge in [0.1, 0.15) is 6.26 Å². The van der Waals surface area contributed by atoms with Crippen LogP contribution in [0.2, 0.25) is 0 Å². The summed E-state index contributed by atoms with van der Waals surface area (Å²) >= 11 is 1.71. The second-order valence-electron chi connectivity index (χ2n) is 5.89. The van der Waals surface area contributed by atoms with E-state index in [0.29, 0.717) is 11.5 Å². The van der Waals surface area contributed by atoms with Crippen molar-refractivity contribution in [3.63, 3.8) is 0 Å². The van der Waals surface area contributed by atoms with E-state index < -0.39 is 0 Å². The van der Waals surface area contributed by atoms with Crippen molar-refractivity contribution < 1.29 is 9.21 Å². The van der Waals surface area contributed by atoms with Crippen LogP contribution in [-0.2, 0) is 0 Å². The van der Waals surface area contributed by atoms with E-state index in [1.807, 2.05) is 17.0 Å². The number of piperidine rings is 1. The summed E-state index contributed by atoms with van der Waals surface area (Å²) in [7, 11) is 0. The van der Waals surface area contributed by atoms with Crippen LogP contribution in [0.4, 0.5) is 0 Å². The number of furan rings is 1. The number of nitrogens with zero attached hydrogens (tertiary/aromatic N) is 3. The number of carbonyl (C=O) groups is 1. The summed E-state index contributed by atoms with van der Waals surface area (Å²) in [4.78, 5) is 23.1. The Morgan fingerprint density at radius 3 is 2.71 bits per heavy atom. The number of aromatic nitrogens is 2. The lowest BCUT2D eigenvalue weighted by Crippen LogP contribution is -2.37. The molecule has 1 aliphatic rings. The predicted molar refractivity (Wildman–Crippen MR) is 91.9 cm³/mol. The van der Waals surface area contributed by atoms with Crippen LogP contribution in [0.15, 0.2) is 52.9 Å². The monoisotopic (exact) mass is 339 g/mol. The first-order valence-electron chi connectivity index (χ1n) is 7.98. The molecule has 0 unspecified atom stereocenters. The highest BCUT2D eigenvalue weighted by Crippen LogP contribution is 2.33. The normalized spacial score (nSPS) is 15.6. The summed E-state index contributed by atoms with van der Waals surface area (Å²) in [6.07, 6.45) is 8.52. The fraction of sp³-hybridized carbons (Fsp3) is 0.278. The van der Waals surface area contributed by atoms with E-state index in [2.05, 4.69) is 10.4 Å². The molecule has 3 aromatic heterocycles. The van der Waals surface area contributed by atoms with Crippen molar-refractivity contribution in [1.82, 2.24) is 14.9 Å². The van der Waals surface area contributed by atoms with Crippen molar-refractivity contribution in [2.45, 2.75) is 18.8 Å². The molecule has 1 amide bonds.